The van der Waals surface area contributed by atoms with Crippen LogP contribution in [-0.4, -0.2) is 29.0 Å². The highest BCUT2D eigenvalue weighted by Crippen LogP contribution is 2.14. The van der Waals surface area contributed by atoms with E-state index in [1.807, 2.05) is 6.07 Å². The van der Waals surface area contributed by atoms with Crippen LogP contribution in [0.2, 0.25) is 0 Å². The fraction of sp³-hybridized carbons (Fsp3) is 0.267. The monoisotopic (exact) mass is 288 g/mol. The molecule has 1 N–H and O–H groups in total. The van der Waals surface area contributed by atoms with Crippen LogP contribution in [0.3, 0.4) is 0 Å². The highest BCUT2D eigenvalue weighted by molar-refractivity contribution is 6.04. The molecule has 0 atom stereocenters. The number of amides is 1. The van der Waals surface area contributed by atoms with Crippen molar-refractivity contribution in [2.24, 2.45) is 0 Å². The molecule has 0 bridgehead atoms. The van der Waals surface area contributed by atoms with Crippen molar-refractivity contribution in [3.8, 4) is 0 Å². The van der Waals surface area contributed by atoms with Crippen LogP contribution in [0, 0.1) is 5.95 Å². The minimum Gasteiger partial charge on any atom is -0.357 e. The topological polar surface area (TPSA) is 58.1 Å². The summed E-state index contributed by atoms with van der Waals surface area (Å²) in [5, 5.41) is 2.67. The first-order valence-corrected chi connectivity index (χ1v) is 6.78. The Balaban J connectivity index is 2.08. The maximum absolute atomic E-state index is 13.0. The first-order valence-electron chi connectivity index (χ1n) is 6.78. The van der Waals surface area contributed by atoms with Gasteiger partial charge in [0.1, 0.15) is 5.82 Å². The predicted molar refractivity (Wildman–Crippen MR) is 79.9 cm³/mol. The van der Waals surface area contributed by atoms with Gasteiger partial charge in [-0.15, -0.1) is 0 Å². The maximum atomic E-state index is 13.0. The number of pyridine rings is 2. The van der Waals surface area contributed by atoms with E-state index in [4.69, 9.17) is 0 Å². The number of carbonyl (C=O) groups is 1. The van der Waals surface area contributed by atoms with Crippen LogP contribution in [0.4, 0.5) is 15.9 Å². The van der Waals surface area contributed by atoms with E-state index in [0.717, 1.165) is 25.0 Å². The molecule has 0 unspecified atom stereocenters. The third-order valence-corrected chi connectivity index (χ3v) is 3.08. The molecule has 21 heavy (non-hydrogen) atoms. The zero-order chi connectivity index (χ0) is 15.2. The number of nitrogens with zero attached hydrogens (tertiary/aromatic N) is 3. The van der Waals surface area contributed by atoms with Gasteiger partial charge in [0.05, 0.1) is 11.9 Å². The summed E-state index contributed by atoms with van der Waals surface area (Å²) in [5.41, 5.74) is 0.781. The number of carbonyl (C=O) groups excluding carboxylic acids is 1. The number of hydrogen-bond donors (Lipinski definition) is 1. The number of hydrogen-bond acceptors (Lipinski definition) is 4. The third-order valence-electron chi connectivity index (χ3n) is 3.08. The number of rotatable bonds is 5. The molecule has 0 radical (unpaired) electrons. The van der Waals surface area contributed by atoms with Crippen LogP contribution in [-0.2, 0) is 0 Å². The number of anilines is 2. The Kier molecular flexibility index (Phi) is 4.81. The average Bonchev–Trinajstić information content (AvgIpc) is 2.50. The Bertz CT molecular complexity index is 611. The molecule has 0 saturated heterocycles. The molecule has 2 heterocycles. The molecular formula is C15H17FN4O. The average molecular weight is 288 g/mol. The van der Waals surface area contributed by atoms with Gasteiger partial charge >= 0.3 is 0 Å². The van der Waals surface area contributed by atoms with Crippen LogP contribution >= 0.6 is 0 Å². The van der Waals surface area contributed by atoms with E-state index < -0.39 is 11.9 Å². The summed E-state index contributed by atoms with van der Waals surface area (Å²) in [5.74, 6) is -0.223. The SMILES string of the molecule is CCN(CC)c1ccc(NC(=O)c2ccnc(F)c2)cn1. The first kappa shape index (κ1) is 14.9. The van der Waals surface area contributed by atoms with Crippen LogP contribution in [0.25, 0.3) is 0 Å². The number of nitrogens with one attached hydrogen (secondary N) is 1. The van der Waals surface area contributed by atoms with Crippen LogP contribution in [0.1, 0.15) is 24.2 Å². The van der Waals surface area contributed by atoms with Gasteiger partial charge < -0.3 is 10.2 Å². The van der Waals surface area contributed by atoms with E-state index in [-0.39, 0.29) is 5.56 Å². The highest BCUT2D eigenvalue weighted by atomic mass is 19.1. The van der Waals surface area contributed by atoms with E-state index in [9.17, 15) is 9.18 Å². The number of aromatic nitrogens is 2. The molecule has 0 aliphatic rings. The van der Waals surface area contributed by atoms with E-state index in [2.05, 4.69) is 34.0 Å². The molecule has 0 fully saturated rings. The summed E-state index contributed by atoms with van der Waals surface area (Å²) in [6.07, 6.45) is 2.84. The second-order valence-electron chi connectivity index (χ2n) is 4.40. The third kappa shape index (κ3) is 3.75. The zero-order valence-corrected chi connectivity index (χ0v) is 12.0. The van der Waals surface area contributed by atoms with Crippen molar-refractivity contribution < 1.29 is 9.18 Å². The van der Waals surface area contributed by atoms with Gasteiger partial charge in [-0.3, -0.25) is 4.79 Å². The van der Waals surface area contributed by atoms with Gasteiger partial charge in [0.25, 0.3) is 5.91 Å². The van der Waals surface area contributed by atoms with E-state index in [1.54, 1.807) is 12.3 Å². The van der Waals surface area contributed by atoms with Gasteiger partial charge in [0.15, 0.2) is 0 Å². The van der Waals surface area contributed by atoms with Crippen molar-refractivity contribution in [1.82, 2.24) is 9.97 Å². The summed E-state index contributed by atoms with van der Waals surface area (Å²) in [6.45, 7) is 5.84. The molecule has 0 spiro atoms. The summed E-state index contributed by atoms with van der Waals surface area (Å²) >= 11 is 0. The molecule has 0 aliphatic carbocycles. The lowest BCUT2D eigenvalue weighted by molar-refractivity contribution is 0.102. The van der Waals surface area contributed by atoms with Crippen molar-refractivity contribution in [2.75, 3.05) is 23.3 Å². The predicted octanol–water partition coefficient (Wildman–Crippen LogP) is 2.71. The second-order valence-corrected chi connectivity index (χ2v) is 4.40. The van der Waals surface area contributed by atoms with Crippen molar-refractivity contribution in [3.63, 3.8) is 0 Å². The van der Waals surface area contributed by atoms with Crippen molar-refractivity contribution in [2.45, 2.75) is 13.8 Å². The maximum Gasteiger partial charge on any atom is 0.255 e. The molecule has 6 heteroatoms. The lowest BCUT2D eigenvalue weighted by Gasteiger charge is -2.19. The fourth-order valence-corrected chi connectivity index (χ4v) is 1.94. The normalized spacial score (nSPS) is 10.2. The zero-order valence-electron chi connectivity index (χ0n) is 12.0. The molecule has 0 aliphatic heterocycles. The largest absolute Gasteiger partial charge is 0.357 e. The first-order chi connectivity index (χ1) is 10.1. The Morgan fingerprint density at radius 1 is 1.24 bits per heavy atom. The van der Waals surface area contributed by atoms with Gasteiger partial charge in [-0.2, -0.15) is 4.39 Å². The summed E-state index contributed by atoms with van der Waals surface area (Å²) in [6, 6.07) is 6.16. The fourth-order valence-electron chi connectivity index (χ4n) is 1.94. The van der Waals surface area contributed by atoms with E-state index >= 15 is 0 Å². The summed E-state index contributed by atoms with van der Waals surface area (Å²) < 4.78 is 13.0. The van der Waals surface area contributed by atoms with Gasteiger partial charge in [0, 0.05) is 30.9 Å². The molecule has 2 rings (SSSR count). The molecule has 1 amide bonds. The van der Waals surface area contributed by atoms with Crippen molar-refractivity contribution in [3.05, 3.63) is 48.2 Å². The molecule has 2 aromatic rings. The minimum atomic E-state index is -0.683. The Labute approximate surface area is 122 Å². The van der Waals surface area contributed by atoms with Gasteiger partial charge in [0.2, 0.25) is 5.95 Å². The quantitative estimate of drug-likeness (QED) is 0.859. The molecule has 0 aromatic carbocycles. The van der Waals surface area contributed by atoms with Gasteiger partial charge in [-0.05, 0) is 32.0 Å². The number of halogens is 1. The van der Waals surface area contributed by atoms with E-state index in [0.29, 0.717) is 5.69 Å². The molecule has 0 saturated carbocycles. The lowest BCUT2D eigenvalue weighted by Crippen LogP contribution is -2.22. The second kappa shape index (κ2) is 6.78. The van der Waals surface area contributed by atoms with Gasteiger partial charge in [-0.25, -0.2) is 9.97 Å². The van der Waals surface area contributed by atoms with Crippen LogP contribution < -0.4 is 10.2 Å². The molecular weight excluding hydrogens is 271 g/mol. The highest BCUT2D eigenvalue weighted by Gasteiger charge is 2.08. The smallest absolute Gasteiger partial charge is 0.255 e. The summed E-state index contributed by atoms with van der Waals surface area (Å²) in [7, 11) is 0. The Morgan fingerprint density at radius 3 is 2.57 bits per heavy atom. The van der Waals surface area contributed by atoms with Crippen molar-refractivity contribution >= 4 is 17.4 Å². The Hall–Kier alpha value is -2.50. The van der Waals surface area contributed by atoms with Crippen LogP contribution in [0.15, 0.2) is 36.7 Å². The van der Waals surface area contributed by atoms with Crippen molar-refractivity contribution in [1.29, 1.82) is 0 Å². The standard InChI is InChI=1S/C15H17FN4O/c1-3-20(4-2)14-6-5-12(10-18-14)19-15(21)11-7-8-17-13(16)9-11/h5-10H,3-4H2,1-2H3,(H,19,21). The molecule has 2 aromatic heterocycles. The van der Waals surface area contributed by atoms with E-state index in [1.165, 1.54) is 12.3 Å². The van der Waals surface area contributed by atoms with Gasteiger partial charge in [-0.1, -0.05) is 0 Å². The van der Waals surface area contributed by atoms with Crippen LogP contribution in [0.5, 0.6) is 0 Å². The summed E-state index contributed by atoms with van der Waals surface area (Å²) in [4.78, 5) is 21.8. The Morgan fingerprint density at radius 2 is 2.00 bits per heavy atom. The molecule has 5 nitrogen and oxygen atoms in total. The molecule has 110 valence electrons. The lowest BCUT2D eigenvalue weighted by atomic mass is 10.2. The minimum absolute atomic E-state index is 0.218.